The number of ether oxygens (including phenoxy) is 1. The van der Waals surface area contributed by atoms with Crippen LogP contribution in [0.15, 0.2) is 72.8 Å². The van der Waals surface area contributed by atoms with Crippen LogP contribution in [0.5, 0.6) is 5.75 Å². The highest BCUT2D eigenvalue weighted by molar-refractivity contribution is 5.99. The SMILES string of the molecule is CCCN(CC(=O)Nc1c(-c2ccccc2)c(C)nn1-c1ccc(OC)cc1)C(=O)Nc1ccc(F)cc1F. The number of aromatic nitrogens is 2. The highest BCUT2D eigenvalue weighted by atomic mass is 19.1. The second-order valence-corrected chi connectivity index (χ2v) is 8.81. The minimum absolute atomic E-state index is 0.178. The van der Waals surface area contributed by atoms with E-state index in [1.165, 1.54) is 4.90 Å². The summed E-state index contributed by atoms with van der Waals surface area (Å²) in [6.07, 6.45) is 0.560. The molecular formula is C29H29F2N5O3. The van der Waals surface area contributed by atoms with Gasteiger partial charge in [-0.25, -0.2) is 18.3 Å². The summed E-state index contributed by atoms with van der Waals surface area (Å²) in [4.78, 5) is 27.5. The van der Waals surface area contributed by atoms with E-state index in [0.717, 1.165) is 23.3 Å². The lowest BCUT2D eigenvalue weighted by atomic mass is 10.1. The summed E-state index contributed by atoms with van der Waals surface area (Å²) in [6, 6.07) is 18.9. The number of hydrogen-bond acceptors (Lipinski definition) is 4. The molecule has 3 aromatic carbocycles. The number of nitrogens with zero attached hydrogens (tertiary/aromatic N) is 3. The number of methoxy groups -OCH3 is 1. The van der Waals surface area contributed by atoms with Gasteiger partial charge in [0.05, 0.1) is 24.2 Å². The molecule has 4 rings (SSSR count). The number of halogens is 2. The Morgan fingerprint density at radius 3 is 2.36 bits per heavy atom. The fourth-order valence-electron chi connectivity index (χ4n) is 4.16. The van der Waals surface area contributed by atoms with Gasteiger partial charge in [0.15, 0.2) is 0 Å². The van der Waals surface area contributed by atoms with Gasteiger partial charge in [-0.15, -0.1) is 0 Å². The standard InChI is InChI=1S/C29H29F2N5O3/c1-4-16-35(29(38)32-25-15-10-21(30)17-24(25)31)18-26(37)33-28-27(20-8-6-5-7-9-20)19(2)34-36(28)22-11-13-23(39-3)14-12-22/h5-15,17H,4,16,18H2,1-3H3,(H,32,38)(H,33,37). The Kier molecular flexibility index (Phi) is 8.55. The van der Waals surface area contributed by atoms with Gasteiger partial charge in [-0.2, -0.15) is 5.10 Å². The molecule has 0 saturated carbocycles. The molecule has 0 bridgehead atoms. The summed E-state index contributed by atoms with van der Waals surface area (Å²) in [7, 11) is 1.58. The fraction of sp³-hybridized carbons (Fsp3) is 0.207. The molecule has 2 N–H and O–H groups in total. The number of amides is 3. The summed E-state index contributed by atoms with van der Waals surface area (Å²) < 4.78 is 34.3. The van der Waals surface area contributed by atoms with Crippen LogP contribution in [-0.4, -0.2) is 46.8 Å². The molecule has 0 atom stereocenters. The van der Waals surface area contributed by atoms with Gasteiger partial charge in [0.25, 0.3) is 0 Å². The molecule has 4 aromatic rings. The third-order valence-electron chi connectivity index (χ3n) is 5.99. The lowest BCUT2D eigenvalue weighted by Gasteiger charge is -2.22. The largest absolute Gasteiger partial charge is 0.497 e. The molecule has 0 radical (unpaired) electrons. The number of hydrogen-bond donors (Lipinski definition) is 2. The maximum atomic E-state index is 14.1. The molecule has 0 saturated heterocycles. The molecule has 0 unspecified atom stereocenters. The van der Waals surface area contributed by atoms with Crippen molar-refractivity contribution < 1.29 is 23.1 Å². The molecule has 0 aliphatic rings. The first-order valence-electron chi connectivity index (χ1n) is 12.4. The van der Waals surface area contributed by atoms with E-state index in [1.54, 1.807) is 23.9 Å². The highest BCUT2D eigenvalue weighted by Gasteiger charge is 2.23. The zero-order chi connectivity index (χ0) is 27.9. The number of urea groups is 1. The Morgan fingerprint density at radius 1 is 1.00 bits per heavy atom. The average Bonchev–Trinajstić information content (AvgIpc) is 3.25. The molecule has 0 spiro atoms. The lowest BCUT2D eigenvalue weighted by molar-refractivity contribution is -0.116. The van der Waals surface area contributed by atoms with Crippen molar-refractivity contribution in [2.24, 2.45) is 0 Å². The molecular weight excluding hydrogens is 504 g/mol. The Labute approximate surface area is 225 Å². The first-order valence-corrected chi connectivity index (χ1v) is 12.4. The maximum absolute atomic E-state index is 14.1. The van der Waals surface area contributed by atoms with E-state index in [4.69, 9.17) is 4.74 Å². The van der Waals surface area contributed by atoms with Crippen LogP contribution >= 0.6 is 0 Å². The third-order valence-corrected chi connectivity index (χ3v) is 5.99. The highest BCUT2D eigenvalue weighted by Crippen LogP contribution is 2.33. The summed E-state index contributed by atoms with van der Waals surface area (Å²) in [6.45, 7) is 3.65. The normalized spacial score (nSPS) is 10.7. The second kappa shape index (κ2) is 12.2. The van der Waals surface area contributed by atoms with Crippen LogP contribution in [-0.2, 0) is 4.79 Å². The van der Waals surface area contributed by atoms with Gasteiger partial charge < -0.3 is 20.3 Å². The Morgan fingerprint density at radius 2 is 1.72 bits per heavy atom. The predicted octanol–water partition coefficient (Wildman–Crippen LogP) is 6.02. The Hall–Kier alpha value is -4.73. The van der Waals surface area contributed by atoms with E-state index in [2.05, 4.69) is 15.7 Å². The molecule has 8 nitrogen and oxygen atoms in total. The van der Waals surface area contributed by atoms with Crippen LogP contribution < -0.4 is 15.4 Å². The van der Waals surface area contributed by atoms with Gasteiger partial charge in [-0.05, 0) is 55.3 Å². The van der Waals surface area contributed by atoms with Gasteiger partial charge in [-0.3, -0.25) is 4.79 Å². The first kappa shape index (κ1) is 27.3. The van der Waals surface area contributed by atoms with Crippen LogP contribution in [0.25, 0.3) is 16.8 Å². The molecule has 0 aliphatic heterocycles. The molecule has 1 aromatic heterocycles. The van der Waals surface area contributed by atoms with Crippen molar-refractivity contribution in [1.82, 2.24) is 14.7 Å². The first-order chi connectivity index (χ1) is 18.8. The van der Waals surface area contributed by atoms with Gasteiger partial charge >= 0.3 is 6.03 Å². The van der Waals surface area contributed by atoms with Crippen molar-refractivity contribution >= 4 is 23.4 Å². The van der Waals surface area contributed by atoms with Crippen molar-refractivity contribution in [3.05, 3.63) is 90.1 Å². The Balaban J connectivity index is 1.62. The van der Waals surface area contributed by atoms with Gasteiger partial charge in [0.1, 0.15) is 29.7 Å². The summed E-state index contributed by atoms with van der Waals surface area (Å²) in [5, 5.41) is 10.0. The number of carbonyl (C=O) groups is 2. The van der Waals surface area contributed by atoms with E-state index >= 15 is 0 Å². The minimum atomic E-state index is -0.907. The number of nitrogens with one attached hydrogen (secondary N) is 2. The molecule has 3 amide bonds. The minimum Gasteiger partial charge on any atom is -0.497 e. The number of benzene rings is 3. The predicted molar refractivity (Wildman–Crippen MR) is 146 cm³/mol. The van der Waals surface area contributed by atoms with E-state index in [9.17, 15) is 18.4 Å². The number of aryl methyl sites for hydroxylation is 1. The Bertz CT molecular complexity index is 1460. The smallest absolute Gasteiger partial charge is 0.322 e. The molecule has 202 valence electrons. The van der Waals surface area contributed by atoms with Crippen molar-refractivity contribution in [2.75, 3.05) is 30.8 Å². The van der Waals surface area contributed by atoms with E-state index < -0.39 is 23.6 Å². The van der Waals surface area contributed by atoms with Crippen LogP contribution in [0.2, 0.25) is 0 Å². The molecule has 0 fully saturated rings. The van der Waals surface area contributed by atoms with E-state index in [1.807, 2.05) is 56.3 Å². The molecule has 1 heterocycles. The van der Waals surface area contributed by atoms with Crippen molar-refractivity contribution in [2.45, 2.75) is 20.3 Å². The lowest BCUT2D eigenvalue weighted by Crippen LogP contribution is -2.41. The average molecular weight is 534 g/mol. The molecule has 10 heteroatoms. The zero-order valence-corrected chi connectivity index (χ0v) is 21.9. The van der Waals surface area contributed by atoms with E-state index in [0.29, 0.717) is 35.4 Å². The molecule has 39 heavy (non-hydrogen) atoms. The summed E-state index contributed by atoms with van der Waals surface area (Å²) in [5.41, 5.74) is 2.82. The number of carbonyl (C=O) groups excluding carboxylic acids is 2. The van der Waals surface area contributed by atoms with Gasteiger partial charge in [0, 0.05) is 18.2 Å². The topological polar surface area (TPSA) is 88.5 Å². The monoisotopic (exact) mass is 533 g/mol. The van der Waals surface area contributed by atoms with E-state index in [-0.39, 0.29) is 18.8 Å². The third kappa shape index (κ3) is 6.40. The second-order valence-electron chi connectivity index (χ2n) is 8.81. The maximum Gasteiger partial charge on any atom is 0.322 e. The fourth-order valence-corrected chi connectivity index (χ4v) is 4.16. The zero-order valence-electron chi connectivity index (χ0n) is 21.9. The quantitative estimate of drug-likeness (QED) is 0.276. The number of rotatable bonds is 9. The van der Waals surface area contributed by atoms with Crippen molar-refractivity contribution in [3.8, 4) is 22.6 Å². The summed E-state index contributed by atoms with van der Waals surface area (Å²) >= 11 is 0. The number of anilines is 2. The van der Waals surface area contributed by atoms with Crippen LogP contribution in [0.4, 0.5) is 25.1 Å². The van der Waals surface area contributed by atoms with Crippen molar-refractivity contribution in [3.63, 3.8) is 0 Å². The van der Waals surface area contributed by atoms with Crippen LogP contribution in [0.1, 0.15) is 19.0 Å². The molecule has 0 aliphatic carbocycles. The summed E-state index contributed by atoms with van der Waals surface area (Å²) in [5.74, 6) is -1.01. The van der Waals surface area contributed by atoms with Gasteiger partial charge in [-0.1, -0.05) is 37.3 Å². The van der Waals surface area contributed by atoms with Crippen LogP contribution in [0.3, 0.4) is 0 Å². The van der Waals surface area contributed by atoms with Crippen LogP contribution in [0, 0.1) is 18.6 Å². The van der Waals surface area contributed by atoms with Gasteiger partial charge in [0.2, 0.25) is 5.91 Å². The van der Waals surface area contributed by atoms with Crippen molar-refractivity contribution in [1.29, 1.82) is 0 Å².